The molecular formula is C20H17ClN2O. The van der Waals surface area contributed by atoms with Crippen molar-refractivity contribution >= 4 is 28.0 Å². The zero-order valence-corrected chi connectivity index (χ0v) is 14.1. The number of aryl methyl sites for hydroxylation is 1. The number of nitrogens with zero attached hydrogens (tertiary/aromatic N) is 1. The molecule has 120 valence electrons. The van der Waals surface area contributed by atoms with E-state index in [0.717, 1.165) is 28.6 Å². The first-order valence-electron chi connectivity index (χ1n) is 8.05. The molecule has 0 saturated carbocycles. The predicted molar refractivity (Wildman–Crippen MR) is 99.2 cm³/mol. The number of fused-ring (bicyclic) bond motifs is 3. The van der Waals surface area contributed by atoms with E-state index in [-0.39, 0.29) is 5.56 Å². The zero-order valence-electron chi connectivity index (χ0n) is 13.3. The van der Waals surface area contributed by atoms with Gasteiger partial charge in [-0.2, -0.15) is 0 Å². The number of nitrogens with one attached hydrogen (secondary N) is 1. The van der Waals surface area contributed by atoms with Crippen LogP contribution in [0.3, 0.4) is 0 Å². The fourth-order valence-corrected chi connectivity index (χ4v) is 3.56. The average molecular weight is 337 g/mol. The fraction of sp³-hybridized carbons (Fsp3) is 0.150. The lowest BCUT2D eigenvalue weighted by Crippen LogP contribution is -2.13. The summed E-state index contributed by atoms with van der Waals surface area (Å²) in [6.45, 7) is 2.06. The Morgan fingerprint density at radius 2 is 1.92 bits per heavy atom. The number of rotatable bonds is 3. The van der Waals surface area contributed by atoms with Crippen LogP contribution in [0.25, 0.3) is 16.4 Å². The Morgan fingerprint density at radius 1 is 1.12 bits per heavy atom. The summed E-state index contributed by atoms with van der Waals surface area (Å²) in [4.78, 5) is 15.8. The molecule has 2 aromatic heterocycles. The molecule has 1 N–H and O–H groups in total. The summed E-state index contributed by atoms with van der Waals surface area (Å²) >= 11 is 6.16. The lowest BCUT2D eigenvalue weighted by atomic mass is 10.1. The first-order valence-corrected chi connectivity index (χ1v) is 8.43. The van der Waals surface area contributed by atoms with Crippen molar-refractivity contribution in [2.24, 2.45) is 0 Å². The average Bonchev–Trinajstić information content (AvgIpc) is 2.89. The van der Waals surface area contributed by atoms with Gasteiger partial charge in [-0.3, -0.25) is 4.79 Å². The van der Waals surface area contributed by atoms with Gasteiger partial charge in [0.15, 0.2) is 0 Å². The van der Waals surface area contributed by atoms with E-state index in [1.165, 1.54) is 5.56 Å². The quantitative estimate of drug-likeness (QED) is 0.584. The molecule has 4 rings (SSSR count). The number of halogens is 1. The summed E-state index contributed by atoms with van der Waals surface area (Å²) in [5.41, 5.74) is 4.79. The van der Waals surface area contributed by atoms with Crippen molar-refractivity contribution in [3.8, 4) is 0 Å². The Bertz CT molecular complexity index is 1090. The topological polar surface area (TPSA) is 37.3 Å². The predicted octanol–water partition coefficient (Wildman–Crippen LogP) is 4.59. The minimum Gasteiger partial charge on any atom is -0.323 e. The van der Waals surface area contributed by atoms with Gasteiger partial charge < -0.3 is 9.38 Å². The minimum absolute atomic E-state index is 0.0485. The Morgan fingerprint density at radius 3 is 2.67 bits per heavy atom. The normalized spacial score (nSPS) is 11.4. The Balaban J connectivity index is 1.98. The van der Waals surface area contributed by atoms with E-state index < -0.39 is 0 Å². The second-order valence-electron chi connectivity index (χ2n) is 5.98. The SMILES string of the molecule is CCc1c2cc(Cl)ccc2n2cc(Cc3ccccc3)[nH]c(=O)c12. The van der Waals surface area contributed by atoms with Crippen LogP contribution in [0.15, 0.2) is 59.5 Å². The van der Waals surface area contributed by atoms with Gasteiger partial charge in [-0.25, -0.2) is 0 Å². The smallest absolute Gasteiger partial charge is 0.272 e. The number of H-pyrrole nitrogens is 1. The lowest BCUT2D eigenvalue weighted by Gasteiger charge is -2.05. The Labute approximate surface area is 144 Å². The van der Waals surface area contributed by atoms with Crippen molar-refractivity contribution in [3.05, 3.63) is 86.9 Å². The third-order valence-electron chi connectivity index (χ3n) is 4.44. The van der Waals surface area contributed by atoms with Crippen LogP contribution in [-0.4, -0.2) is 9.38 Å². The third-order valence-corrected chi connectivity index (χ3v) is 4.67. The molecule has 0 aliphatic rings. The Kier molecular flexibility index (Phi) is 3.66. The summed E-state index contributed by atoms with van der Waals surface area (Å²) in [5, 5.41) is 1.74. The first kappa shape index (κ1) is 15.0. The van der Waals surface area contributed by atoms with Gasteiger partial charge in [0.2, 0.25) is 0 Å². The van der Waals surface area contributed by atoms with Crippen LogP contribution in [0.1, 0.15) is 23.7 Å². The lowest BCUT2D eigenvalue weighted by molar-refractivity contribution is 0.992. The molecule has 4 aromatic rings. The maximum atomic E-state index is 12.7. The highest BCUT2D eigenvalue weighted by Gasteiger charge is 2.14. The molecule has 0 unspecified atom stereocenters. The number of aromatic amines is 1. The van der Waals surface area contributed by atoms with Crippen molar-refractivity contribution in [1.29, 1.82) is 0 Å². The van der Waals surface area contributed by atoms with E-state index >= 15 is 0 Å². The summed E-state index contributed by atoms with van der Waals surface area (Å²) in [6, 6.07) is 15.9. The summed E-state index contributed by atoms with van der Waals surface area (Å²) in [7, 11) is 0. The molecule has 0 spiro atoms. The first-order chi connectivity index (χ1) is 11.7. The standard InChI is InChI=1S/C20H17ClN2O/c1-2-16-17-11-14(21)8-9-18(17)23-12-15(22-20(24)19(16)23)10-13-6-4-3-5-7-13/h3-9,11-12H,2,10H2,1H3,(H,22,24). The van der Waals surface area contributed by atoms with Crippen LogP contribution in [0, 0.1) is 0 Å². The van der Waals surface area contributed by atoms with E-state index in [9.17, 15) is 4.79 Å². The van der Waals surface area contributed by atoms with Gasteiger partial charge in [0.25, 0.3) is 5.56 Å². The number of hydrogen-bond acceptors (Lipinski definition) is 1. The number of benzene rings is 2. The molecule has 0 fully saturated rings. The highest BCUT2D eigenvalue weighted by atomic mass is 35.5. The highest BCUT2D eigenvalue weighted by Crippen LogP contribution is 2.28. The molecule has 4 heteroatoms. The van der Waals surface area contributed by atoms with Crippen LogP contribution in [0.2, 0.25) is 5.02 Å². The molecule has 0 atom stereocenters. The number of hydrogen-bond donors (Lipinski definition) is 1. The molecule has 0 aliphatic carbocycles. The molecule has 0 bridgehead atoms. The Hall–Kier alpha value is -2.52. The van der Waals surface area contributed by atoms with Crippen molar-refractivity contribution in [1.82, 2.24) is 9.38 Å². The molecule has 0 saturated heterocycles. The molecule has 24 heavy (non-hydrogen) atoms. The van der Waals surface area contributed by atoms with Gasteiger partial charge in [-0.15, -0.1) is 0 Å². The molecule has 0 aliphatic heterocycles. The van der Waals surface area contributed by atoms with E-state index in [1.54, 1.807) is 0 Å². The summed E-state index contributed by atoms with van der Waals surface area (Å²) in [6.07, 6.45) is 3.51. The zero-order chi connectivity index (χ0) is 16.7. The molecule has 2 aromatic carbocycles. The maximum absolute atomic E-state index is 12.7. The maximum Gasteiger partial charge on any atom is 0.272 e. The van der Waals surface area contributed by atoms with Crippen LogP contribution < -0.4 is 5.56 Å². The van der Waals surface area contributed by atoms with E-state index in [1.807, 2.05) is 47.0 Å². The van der Waals surface area contributed by atoms with Crippen molar-refractivity contribution < 1.29 is 0 Å². The van der Waals surface area contributed by atoms with E-state index in [0.29, 0.717) is 17.0 Å². The van der Waals surface area contributed by atoms with Crippen molar-refractivity contribution in [2.75, 3.05) is 0 Å². The second-order valence-corrected chi connectivity index (χ2v) is 6.42. The van der Waals surface area contributed by atoms with Crippen LogP contribution in [-0.2, 0) is 12.8 Å². The summed E-state index contributed by atoms with van der Waals surface area (Å²) < 4.78 is 2.00. The van der Waals surface area contributed by atoms with Crippen LogP contribution in [0.4, 0.5) is 0 Å². The summed E-state index contributed by atoms with van der Waals surface area (Å²) in [5.74, 6) is 0. The minimum atomic E-state index is -0.0485. The fourth-order valence-electron chi connectivity index (χ4n) is 3.39. The third kappa shape index (κ3) is 2.42. The molecule has 2 heterocycles. The van der Waals surface area contributed by atoms with Gasteiger partial charge in [0, 0.05) is 28.7 Å². The van der Waals surface area contributed by atoms with Gasteiger partial charge in [0.1, 0.15) is 5.52 Å². The van der Waals surface area contributed by atoms with Gasteiger partial charge in [0.05, 0.1) is 5.52 Å². The second kappa shape index (κ2) is 5.84. The molecule has 0 amide bonds. The monoisotopic (exact) mass is 336 g/mol. The van der Waals surface area contributed by atoms with Crippen molar-refractivity contribution in [2.45, 2.75) is 19.8 Å². The van der Waals surface area contributed by atoms with E-state index in [2.05, 4.69) is 24.0 Å². The van der Waals surface area contributed by atoms with Crippen LogP contribution in [0.5, 0.6) is 0 Å². The van der Waals surface area contributed by atoms with Gasteiger partial charge >= 0.3 is 0 Å². The van der Waals surface area contributed by atoms with Gasteiger partial charge in [-0.05, 0) is 35.7 Å². The largest absolute Gasteiger partial charge is 0.323 e. The molecule has 3 nitrogen and oxygen atoms in total. The molecular weight excluding hydrogens is 320 g/mol. The highest BCUT2D eigenvalue weighted by molar-refractivity contribution is 6.31. The van der Waals surface area contributed by atoms with Crippen LogP contribution >= 0.6 is 11.6 Å². The van der Waals surface area contributed by atoms with Crippen molar-refractivity contribution in [3.63, 3.8) is 0 Å². The van der Waals surface area contributed by atoms with E-state index in [4.69, 9.17) is 11.6 Å². The number of aromatic nitrogens is 2. The van der Waals surface area contributed by atoms with Gasteiger partial charge in [-0.1, -0.05) is 48.9 Å². The molecule has 0 radical (unpaired) electrons.